The van der Waals surface area contributed by atoms with Crippen LogP contribution < -0.4 is 5.73 Å². The summed E-state index contributed by atoms with van der Waals surface area (Å²) in [6.45, 7) is 6.86. The van der Waals surface area contributed by atoms with Gasteiger partial charge in [0.15, 0.2) is 0 Å². The third-order valence-corrected chi connectivity index (χ3v) is 3.62. The van der Waals surface area contributed by atoms with Gasteiger partial charge in [-0.25, -0.2) is 0 Å². The monoisotopic (exact) mass is 212 g/mol. The van der Waals surface area contributed by atoms with E-state index >= 15 is 0 Å². The summed E-state index contributed by atoms with van der Waals surface area (Å²) < 4.78 is 5.88. The van der Waals surface area contributed by atoms with Gasteiger partial charge in [-0.15, -0.1) is 0 Å². The van der Waals surface area contributed by atoms with E-state index in [9.17, 15) is 0 Å². The number of hydrogen-bond acceptors (Lipinski definition) is 3. The molecule has 2 aliphatic rings. The molecule has 1 saturated carbocycles. The highest BCUT2D eigenvalue weighted by atomic mass is 16.5. The maximum Gasteiger partial charge on any atom is 0.0597 e. The molecule has 15 heavy (non-hydrogen) atoms. The van der Waals surface area contributed by atoms with E-state index < -0.39 is 0 Å². The van der Waals surface area contributed by atoms with E-state index in [0.717, 1.165) is 44.8 Å². The minimum atomic E-state index is 0.432. The lowest BCUT2D eigenvalue weighted by atomic mass is 9.94. The Morgan fingerprint density at radius 1 is 1.20 bits per heavy atom. The van der Waals surface area contributed by atoms with Crippen LogP contribution in [-0.4, -0.2) is 43.3 Å². The summed E-state index contributed by atoms with van der Waals surface area (Å²) in [6.07, 6.45) is 5.11. The van der Waals surface area contributed by atoms with Gasteiger partial charge < -0.3 is 15.4 Å². The first-order valence-electron chi connectivity index (χ1n) is 6.33. The zero-order valence-corrected chi connectivity index (χ0v) is 9.82. The van der Waals surface area contributed by atoms with Crippen LogP contribution in [0.25, 0.3) is 0 Å². The van der Waals surface area contributed by atoms with Crippen molar-refractivity contribution >= 4 is 0 Å². The minimum Gasteiger partial charge on any atom is -0.377 e. The van der Waals surface area contributed by atoms with E-state index in [1.54, 1.807) is 0 Å². The molecule has 0 unspecified atom stereocenters. The molecule has 1 heterocycles. The average molecular weight is 212 g/mol. The Kier molecular flexibility index (Phi) is 4.00. The molecule has 3 nitrogen and oxygen atoms in total. The average Bonchev–Trinajstić information content (AvgIpc) is 2.18. The molecule has 0 spiro atoms. The van der Waals surface area contributed by atoms with Crippen molar-refractivity contribution in [2.75, 3.05) is 26.2 Å². The molecule has 0 amide bonds. The second kappa shape index (κ2) is 5.28. The Morgan fingerprint density at radius 3 is 2.47 bits per heavy atom. The maximum atomic E-state index is 5.88. The van der Waals surface area contributed by atoms with Gasteiger partial charge in [0.2, 0.25) is 0 Å². The van der Waals surface area contributed by atoms with Gasteiger partial charge in [0.25, 0.3) is 0 Å². The number of nitrogens with zero attached hydrogens (tertiary/aromatic N) is 1. The van der Waals surface area contributed by atoms with Crippen LogP contribution in [0.5, 0.6) is 0 Å². The molecule has 1 aliphatic carbocycles. The number of hydrogen-bond donors (Lipinski definition) is 1. The van der Waals surface area contributed by atoms with Gasteiger partial charge in [-0.2, -0.15) is 0 Å². The number of likely N-dealkylation sites (tertiary alicyclic amines) is 1. The molecule has 1 aliphatic heterocycles. The van der Waals surface area contributed by atoms with E-state index in [0.29, 0.717) is 12.1 Å². The maximum absolute atomic E-state index is 5.88. The number of nitrogens with two attached hydrogens (primary N) is 1. The molecule has 0 aromatic heterocycles. The first-order valence-corrected chi connectivity index (χ1v) is 6.33. The van der Waals surface area contributed by atoms with Gasteiger partial charge in [-0.3, -0.25) is 0 Å². The quantitative estimate of drug-likeness (QED) is 0.761. The fourth-order valence-electron chi connectivity index (χ4n) is 2.61. The molecular formula is C12H24N2O. The third kappa shape index (κ3) is 3.44. The summed E-state index contributed by atoms with van der Waals surface area (Å²) in [4.78, 5) is 2.47. The van der Waals surface area contributed by atoms with Crippen LogP contribution in [0.3, 0.4) is 0 Å². The van der Waals surface area contributed by atoms with Crippen molar-refractivity contribution in [2.45, 2.75) is 44.8 Å². The second-order valence-corrected chi connectivity index (χ2v) is 5.27. The fraction of sp³-hybridized carbons (Fsp3) is 1.00. The summed E-state index contributed by atoms with van der Waals surface area (Å²) in [5, 5.41) is 0. The minimum absolute atomic E-state index is 0.432. The molecule has 1 saturated heterocycles. The Morgan fingerprint density at radius 2 is 1.87 bits per heavy atom. The van der Waals surface area contributed by atoms with E-state index in [-0.39, 0.29) is 0 Å². The first kappa shape index (κ1) is 11.4. The molecule has 3 heteroatoms. The fourth-order valence-corrected chi connectivity index (χ4v) is 2.61. The van der Waals surface area contributed by atoms with Crippen molar-refractivity contribution < 1.29 is 4.74 Å². The van der Waals surface area contributed by atoms with E-state index in [1.807, 2.05) is 0 Å². The molecule has 0 aromatic rings. The number of rotatable bonds is 4. The van der Waals surface area contributed by atoms with Crippen LogP contribution in [0.2, 0.25) is 0 Å². The summed E-state index contributed by atoms with van der Waals surface area (Å²) >= 11 is 0. The molecule has 2 fully saturated rings. The largest absolute Gasteiger partial charge is 0.377 e. The van der Waals surface area contributed by atoms with Crippen molar-refractivity contribution in [1.82, 2.24) is 4.90 Å². The summed E-state index contributed by atoms with van der Waals surface area (Å²) in [5.41, 5.74) is 5.86. The van der Waals surface area contributed by atoms with Crippen LogP contribution >= 0.6 is 0 Å². The van der Waals surface area contributed by atoms with Crippen LogP contribution in [0, 0.1) is 5.92 Å². The lowest BCUT2D eigenvalue weighted by molar-refractivity contribution is -0.00321. The molecule has 0 radical (unpaired) electrons. The summed E-state index contributed by atoms with van der Waals surface area (Å²) in [5.74, 6) is 0.901. The van der Waals surface area contributed by atoms with Crippen molar-refractivity contribution in [3.05, 3.63) is 0 Å². The van der Waals surface area contributed by atoms with E-state index in [2.05, 4.69) is 11.8 Å². The molecule has 2 rings (SSSR count). The second-order valence-electron chi connectivity index (χ2n) is 5.27. The van der Waals surface area contributed by atoms with Crippen LogP contribution in [0.1, 0.15) is 32.6 Å². The zero-order valence-electron chi connectivity index (χ0n) is 9.82. The Balaban J connectivity index is 1.51. The molecule has 0 atom stereocenters. The lowest BCUT2D eigenvalue weighted by Crippen LogP contribution is -2.46. The van der Waals surface area contributed by atoms with Gasteiger partial charge in [-0.05, 0) is 31.6 Å². The SMILES string of the molecule is CC1CN(CCOC2CCC(N)CC2)C1. The molecular weight excluding hydrogens is 188 g/mol. The highest BCUT2D eigenvalue weighted by Crippen LogP contribution is 2.20. The zero-order chi connectivity index (χ0) is 10.7. The lowest BCUT2D eigenvalue weighted by Gasteiger charge is -2.37. The highest BCUT2D eigenvalue weighted by molar-refractivity contribution is 4.77. The van der Waals surface area contributed by atoms with Gasteiger partial charge in [0.1, 0.15) is 0 Å². The van der Waals surface area contributed by atoms with Crippen LogP contribution in [0.15, 0.2) is 0 Å². The normalized spacial score (nSPS) is 34.0. The van der Waals surface area contributed by atoms with Crippen molar-refractivity contribution in [1.29, 1.82) is 0 Å². The smallest absolute Gasteiger partial charge is 0.0597 e. The Bertz CT molecular complexity index is 184. The standard InChI is InChI=1S/C12H24N2O/c1-10-8-14(9-10)6-7-15-12-4-2-11(13)3-5-12/h10-12H,2-9,13H2,1H3. The summed E-state index contributed by atoms with van der Waals surface area (Å²) in [7, 11) is 0. The molecule has 2 N–H and O–H groups in total. The van der Waals surface area contributed by atoms with Gasteiger partial charge in [0.05, 0.1) is 12.7 Å². The predicted molar refractivity (Wildman–Crippen MR) is 61.8 cm³/mol. The van der Waals surface area contributed by atoms with Crippen molar-refractivity contribution in [3.8, 4) is 0 Å². The molecule has 88 valence electrons. The molecule has 0 bridgehead atoms. The molecule has 0 aromatic carbocycles. The van der Waals surface area contributed by atoms with Crippen molar-refractivity contribution in [3.63, 3.8) is 0 Å². The van der Waals surface area contributed by atoms with Crippen LogP contribution in [0.4, 0.5) is 0 Å². The highest BCUT2D eigenvalue weighted by Gasteiger charge is 2.23. The van der Waals surface area contributed by atoms with E-state index in [4.69, 9.17) is 10.5 Å². The van der Waals surface area contributed by atoms with Gasteiger partial charge in [0, 0.05) is 25.7 Å². The van der Waals surface area contributed by atoms with Gasteiger partial charge >= 0.3 is 0 Å². The Hall–Kier alpha value is -0.120. The third-order valence-electron chi connectivity index (χ3n) is 3.62. The van der Waals surface area contributed by atoms with Crippen LogP contribution in [-0.2, 0) is 4.74 Å². The van der Waals surface area contributed by atoms with Gasteiger partial charge in [-0.1, -0.05) is 6.92 Å². The van der Waals surface area contributed by atoms with Crippen molar-refractivity contribution in [2.24, 2.45) is 11.7 Å². The predicted octanol–water partition coefficient (Wildman–Crippen LogP) is 1.22. The topological polar surface area (TPSA) is 38.5 Å². The van der Waals surface area contributed by atoms with E-state index in [1.165, 1.54) is 13.1 Å². The summed E-state index contributed by atoms with van der Waals surface area (Å²) in [6, 6.07) is 0.432. The number of ether oxygens (including phenoxy) is 1. The Labute approximate surface area is 93.0 Å². The first-order chi connectivity index (χ1) is 7.24.